The third-order valence-electron chi connectivity index (χ3n) is 6.50. The van der Waals surface area contributed by atoms with Crippen molar-refractivity contribution in [2.75, 3.05) is 55.6 Å². The van der Waals surface area contributed by atoms with Gasteiger partial charge in [-0.25, -0.2) is 14.8 Å². The van der Waals surface area contributed by atoms with Crippen LogP contribution in [0.15, 0.2) is 43.0 Å². The van der Waals surface area contributed by atoms with Crippen molar-refractivity contribution in [2.24, 2.45) is 0 Å². The van der Waals surface area contributed by atoms with Gasteiger partial charge in [0, 0.05) is 60.1 Å². The van der Waals surface area contributed by atoms with Gasteiger partial charge in [-0.3, -0.25) is 5.32 Å². The summed E-state index contributed by atoms with van der Waals surface area (Å²) in [4.78, 5) is 25.5. The van der Waals surface area contributed by atoms with E-state index in [1.807, 2.05) is 23.5 Å². The number of thiazole rings is 1. The molecule has 0 radical (unpaired) electrons. The van der Waals surface area contributed by atoms with Gasteiger partial charge < -0.3 is 24.4 Å². The number of aromatic nitrogens is 2. The molecule has 0 atom stereocenters. The van der Waals surface area contributed by atoms with Gasteiger partial charge in [-0.05, 0) is 43.5 Å². The fourth-order valence-electron chi connectivity index (χ4n) is 4.52. The third kappa shape index (κ3) is 8.43. The van der Waals surface area contributed by atoms with Crippen molar-refractivity contribution >= 4 is 34.6 Å². The van der Waals surface area contributed by atoms with E-state index in [-0.39, 0.29) is 6.61 Å². The Bertz CT molecular complexity index is 1290. The first kappa shape index (κ1) is 29.4. The summed E-state index contributed by atoms with van der Waals surface area (Å²) in [6.45, 7) is 11.6. The van der Waals surface area contributed by atoms with Gasteiger partial charge in [0.1, 0.15) is 18.2 Å². The molecule has 2 N–H and O–H groups in total. The van der Waals surface area contributed by atoms with Gasteiger partial charge in [-0.2, -0.15) is 0 Å². The monoisotopic (exact) mass is 565 g/mol. The molecule has 40 heavy (non-hydrogen) atoms. The van der Waals surface area contributed by atoms with Crippen molar-refractivity contribution in [3.05, 3.63) is 69.8 Å². The second-order valence-electron chi connectivity index (χ2n) is 9.60. The Morgan fingerprint density at radius 2 is 1.98 bits per heavy atom. The van der Waals surface area contributed by atoms with Gasteiger partial charge in [-0.1, -0.05) is 26.0 Å². The molecule has 0 saturated carbocycles. The molecule has 1 aliphatic rings. The number of carbonyl (C=O) groups excluding carboxylic acids is 1. The highest BCUT2D eigenvalue weighted by molar-refractivity contribution is 7.11. The second-order valence-corrected chi connectivity index (χ2v) is 10.8. The van der Waals surface area contributed by atoms with E-state index in [0.29, 0.717) is 31.2 Å². The minimum Gasteiger partial charge on any atom is -0.497 e. The molecule has 1 fully saturated rings. The number of methoxy groups -OCH3 is 1. The van der Waals surface area contributed by atoms with Crippen LogP contribution in [0.2, 0.25) is 0 Å². The Morgan fingerprint density at radius 3 is 2.73 bits per heavy atom. The second kappa shape index (κ2) is 14.7. The van der Waals surface area contributed by atoms with E-state index in [1.54, 1.807) is 13.2 Å². The van der Waals surface area contributed by atoms with E-state index in [1.165, 1.54) is 11.0 Å². The molecule has 0 bridgehead atoms. The molecule has 9 nitrogen and oxygen atoms in total. The molecular weight excluding hydrogens is 526 g/mol. The fraction of sp³-hybridized carbons (Fsp3) is 0.433. The molecular formula is C30H39N5O4S. The van der Waals surface area contributed by atoms with E-state index in [9.17, 15) is 4.79 Å². The lowest BCUT2D eigenvalue weighted by molar-refractivity contribution is 0.122. The Balaban J connectivity index is 1.50. The average molecular weight is 566 g/mol. The van der Waals surface area contributed by atoms with E-state index < -0.39 is 6.09 Å². The maximum absolute atomic E-state index is 12.0. The highest BCUT2D eigenvalue weighted by Crippen LogP contribution is 2.26. The topological polar surface area (TPSA) is 97.8 Å². The van der Waals surface area contributed by atoms with Crippen LogP contribution in [0.5, 0.6) is 5.75 Å². The summed E-state index contributed by atoms with van der Waals surface area (Å²) in [6.07, 6.45) is 4.86. The Labute approximate surface area is 240 Å². The Kier molecular flexibility index (Phi) is 10.8. The van der Waals surface area contributed by atoms with E-state index in [2.05, 4.69) is 48.1 Å². The van der Waals surface area contributed by atoms with Gasteiger partial charge in [0.25, 0.3) is 0 Å². The highest BCUT2D eigenvalue weighted by atomic mass is 32.1. The fourth-order valence-corrected chi connectivity index (χ4v) is 5.69. The van der Waals surface area contributed by atoms with Crippen LogP contribution in [-0.2, 0) is 35.3 Å². The molecule has 10 heteroatoms. The lowest BCUT2D eigenvalue weighted by Crippen LogP contribution is -2.36. The molecule has 4 rings (SSSR count). The number of carbonyl (C=O) groups is 1. The SMILES string of the molecule is C=CCOC(=O)Nc1cc(CNc2cc(N3CCOCC3)cc(CCc3nc(C)c(CCC)s3)n2)cc(OC)c1. The number of hydrogen-bond donors (Lipinski definition) is 2. The number of pyridine rings is 1. The average Bonchev–Trinajstić information content (AvgIpc) is 3.33. The molecule has 1 aliphatic heterocycles. The van der Waals surface area contributed by atoms with E-state index >= 15 is 0 Å². The maximum Gasteiger partial charge on any atom is 0.411 e. The maximum atomic E-state index is 12.0. The molecule has 0 unspecified atom stereocenters. The molecule has 2 aromatic heterocycles. The first-order valence-corrected chi connectivity index (χ1v) is 14.5. The number of rotatable bonds is 13. The van der Waals surface area contributed by atoms with Crippen LogP contribution in [0.3, 0.4) is 0 Å². The molecule has 1 aromatic carbocycles. The highest BCUT2D eigenvalue weighted by Gasteiger charge is 2.15. The van der Waals surface area contributed by atoms with Crippen LogP contribution in [0.1, 0.15) is 40.2 Å². The number of ether oxygens (including phenoxy) is 3. The Hall–Kier alpha value is -3.63. The Morgan fingerprint density at radius 1 is 1.15 bits per heavy atom. The molecule has 1 amide bonds. The van der Waals surface area contributed by atoms with Crippen molar-refractivity contribution < 1.29 is 19.0 Å². The van der Waals surface area contributed by atoms with Crippen molar-refractivity contribution in [1.82, 2.24) is 9.97 Å². The van der Waals surface area contributed by atoms with Gasteiger partial charge in [0.15, 0.2) is 0 Å². The van der Waals surface area contributed by atoms with E-state index in [0.717, 1.165) is 72.2 Å². The van der Waals surface area contributed by atoms with Crippen LogP contribution in [0.25, 0.3) is 0 Å². The molecule has 3 heterocycles. The lowest BCUT2D eigenvalue weighted by Gasteiger charge is -2.29. The summed E-state index contributed by atoms with van der Waals surface area (Å²) in [7, 11) is 1.60. The van der Waals surface area contributed by atoms with Crippen molar-refractivity contribution in [1.29, 1.82) is 0 Å². The molecule has 3 aromatic rings. The number of anilines is 3. The molecule has 1 saturated heterocycles. The van der Waals surface area contributed by atoms with Crippen molar-refractivity contribution in [3.8, 4) is 5.75 Å². The molecule has 0 aliphatic carbocycles. The normalized spacial score (nSPS) is 13.1. The minimum absolute atomic E-state index is 0.139. The van der Waals surface area contributed by atoms with E-state index in [4.69, 9.17) is 24.2 Å². The summed E-state index contributed by atoms with van der Waals surface area (Å²) in [5, 5.41) is 7.39. The van der Waals surface area contributed by atoms with Gasteiger partial charge in [0.2, 0.25) is 0 Å². The lowest BCUT2D eigenvalue weighted by atomic mass is 10.1. The van der Waals surface area contributed by atoms with Crippen molar-refractivity contribution in [2.45, 2.75) is 46.1 Å². The van der Waals surface area contributed by atoms with Gasteiger partial charge >= 0.3 is 6.09 Å². The zero-order chi connectivity index (χ0) is 28.3. The van der Waals surface area contributed by atoms with Crippen LogP contribution in [-0.4, -0.2) is 56.1 Å². The summed E-state index contributed by atoms with van der Waals surface area (Å²) in [5.41, 5.74) is 4.83. The minimum atomic E-state index is -0.547. The summed E-state index contributed by atoms with van der Waals surface area (Å²) in [5.74, 6) is 1.43. The van der Waals surface area contributed by atoms with Crippen molar-refractivity contribution in [3.63, 3.8) is 0 Å². The summed E-state index contributed by atoms with van der Waals surface area (Å²) >= 11 is 1.82. The summed E-state index contributed by atoms with van der Waals surface area (Å²) < 4.78 is 16.1. The predicted molar refractivity (Wildman–Crippen MR) is 161 cm³/mol. The van der Waals surface area contributed by atoms with Crippen LogP contribution in [0, 0.1) is 6.92 Å². The third-order valence-corrected chi connectivity index (χ3v) is 7.78. The van der Waals surface area contributed by atoms with Gasteiger partial charge in [-0.15, -0.1) is 11.3 Å². The number of nitrogens with one attached hydrogen (secondary N) is 2. The smallest absolute Gasteiger partial charge is 0.411 e. The van der Waals surface area contributed by atoms with Crippen LogP contribution in [0.4, 0.5) is 22.0 Å². The number of amides is 1. The first-order chi connectivity index (χ1) is 19.5. The number of hydrogen-bond acceptors (Lipinski definition) is 9. The first-order valence-electron chi connectivity index (χ1n) is 13.7. The number of aryl methyl sites for hydroxylation is 4. The number of morpholine rings is 1. The number of benzene rings is 1. The predicted octanol–water partition coefficient (Wildman–Crippen LogP) is 5.78. The quantitative estimate of drug-likeness (QED) is 0.252. The van der Waals surface area contributed by atoms with Gasteiger partial charge in [0.05, 0.1) is 31.0 Å². The standard InChI is InChI=1S/C30H39N5O4S/c1-5-7-27-21(3)32-29(40-27)9-8-23-17-25(35-10-13-38-14-11-35)19-28(33-23)31-20-22-15-24(18-26(16-22)37-4)34-30(36)39-12-6-2/h6,15-19H,2,5,7-14,20H2,1,3-4H3,(H,31,33)(H,34,36). The molecule has 0 spiro atoms. The summed E-state index contributed by atoms with van der Waals surface area (Å²) in [6, 6.07) is 9.84. The van der Waals surface area contributed by atoms with Crippen LogP contribution < -0.4 is 20.3 Å². The largest absolute Gasteiger partial charge is 0.497 e. The molecule has 214 valence electrons. The van der Waals surface area contributed by atoms with Crippen LogP contribution >= 0.6 is 11.3 Å². The zero-order valence-electron chi connectivity index (χ0n) is 23.6. The number of nitrogens with zero attached hydrogens (tertiary/aromatic N) is 3. The zero-order valence-corrected chi connectivity index (χ0v) is 24.4.